The van der Waals surface area contributed by atoms with Crippen LogP contribution in [0.5, 0.6) is 0 Å². The van der Waals surface area contributed by atoms with Crippen LogP contribution in [0.25, 0.3) is 0 Å². The van der Waals surface area contributed by atoms with E-state index < -0.39 is 12.0 Å². The van der Waals surface area contributed by atoms with Crippen LogP contribution in [0.1, 0.15) is 33.6 Å². The topological polar surface area (TPSA) is 57.6 Å². The minimum atomic E-state index is -0.874. The number of carboxylic acid groups (broad SMARTS) is 1. The van der Waals surface area contributed by atoms with E-state index in [1.807, 2.05) is 20.8 Å². The summed E-state index contributed by atoms with van der Waals surface area (Å²) in [4.78, 5) is 25.3. The van der Waals surface area contributed by atoms with Crippen molar-refractivity contribution in [3.63, 3.8) is 0 Å². The van der Waals surface area contributed by atoms with Crippen LogP contribution in [-0.2, 0) is 9.59 Å². The van der Waals surface area contributed by atoms with Gasteiger partial charge in [-0.05, 0) is 24.0 Å². The summed E-state index contributed by atoms with van der Waals surface area (Å²) >= 11 is 1.73. The average Bonchev–Trinajstić information content (AvgIpc) is 2.40. The second-order valence-corrected chi connectivity index (χ2v) is 6.98. The normalized spacial score (nSPS) is 36.5. The van der Waals surface area contributed by atoms with E-state index in [1.54, 1.807) is 16.7 Å². The van der Waals surface area contributed by atoms with Gasteiger partial charge in [-0.1, -0.05) is 20.8 Å². The van der Waals surface area contributed by atoms with Gasteiger partial charge in [-0.3, -0.25) is 4.79 Å². The Balaban J connectivity index is 2.37. The van der Waals surface area contributed by atoms with Gasteiger partial charge < -0.3 is 10.0 Å². The predicted octanol–water partition coefficient (Wildman–Crippen LogP) is 1.80. The Hall–Kier alpha value is -0.710. The molecule has 0 saturated carbocycles. The molecule has 2 rings (SSSR count). The number of thioether (sulfide) groups is 1. The zero-order chi connectivity index (χ0) is 12.8. The van der Waals surface area contributed by atoms with Crippen LogP contribution >= 0.6 is 11.8 Å². The van der Waals surface area contributed by atoms with Crippen LogP contribution in [0.15, 0.2) is 0 Å². The maximum atomic E-state index is 12.3. The van der Waals surface area contributed by atoms with E-state index in [4.69, 9.17) is 0 Å². The van der Waals surface area contributed by atoms with Gasteiger partial charge in [0.15, 0.2) is 0 Å². The van der Waals surface area contributed by atoms with Crippen molar-refractivity contribution in [2.75, 3.05) is 5.75 Å². The van der Waals surface area contributed by atoms with Crippen molar-refractivity contribution < 1.29 is 14.7 Å². The number of rotatable bonds is 1. The van der Waals surface area contributed by atoms with Crippen LogP contribution in [0.4, 0.5) is 0 Å². The molecule has 1 amide bonds. The number of carbonyl (C=O) groups is 2. The molecule has 2 fully saturated rings. The number of hydrogen-bond acceptors (Lipinski definition) is 3. The lowest BCUT2D eigenvalue weighted by atomic mass is 9.84. The molecule has 0 aliphatic carbocycles. The minimum absolute atomic E-state index is 0.0120. The van der Waals surface area contributed by atoms with Gasteiger partial charge in [-0.25, -0.2) is 4.79 Å². The summed E-state index contributed by atoms with van der Waals surface area (Å²) in [6.45, 7) is 5.79. The molecule has 0 aromatic heterocycles. The van der Waals surface area contributed by atoms with E-state index in [0.717, 1.165) is 18.6 Å². The molecule has 1 N–H and O–H groups in total. The van der Waals surface area contributed by atoms with Crippen LogP contribution in [0.3, 0.4) is 0 Å². The summed E-state index contributed by atoms with van der Waals surface area (Å²) in [5.41, 5.74) is -0.337. The SMILES string of the molecule is C[C@H]1CCS[C@H]2CC(C)(C)[C@@H](C(=O)O)N2C1=O. The van der Waals surface area contributed by atoms with E-state index >= 15 is 0 Å². The Bertz CT molecular complexity index is 356. The first-order valence-electron chi connectivity index (χ1n) is 6.01. The zero-order valence-electron chi connectivity index (χ0n) is 10.5. The molecule has 2 heterocycles. The van der Waals surface area contributed by atoms with Crippen molar-refractivity contribution in [1.82, 2.24) is 4.90 Å². The van der Waals surface area contributed by atoms with Gasteiger partial charge >= 0.3 is 5.97 Å². The largest absolute Gasteiger partial charge is 0.480 e. The Morgan fingerprint density at radius 2 is 2.18 bits per heavy atom. The molecule has 4 nitrogen and oxygen atoms in total. The average molecular weight is 257 g/mol. The fraction of sp³-hybridized carbons (Fsp3) is 0.833. The van der Waals surface area contributed by atoms with Crippen LogP contribution in [0, 0.1) is 11.3 Å². The lowest BCUT2D eigenvalue weighted by molar-refractivity contribution is -0.152. The third kappa shape index (κ3) is 2.05. The van der Waals surface area contributed by atoms with Gasteiger partial charge in [0.05, 0.1) is 5.37 Å². The van der Waals surface area contributed by atoms with Crippen molar-refractivity contribution in [3.05, 3.63) is 0 Å². The molecule has 2 aliphatic rings. The highest BCUT2D eigenvalue weighted by Gasteiger charge is 2.53. The van der Waals surface area contributed by atoms with Gasteiger partial charge in [0.2, 0.25) is 5.91 Å². The van der Waals surface area contributed by atoms with Crippen molar-refractivity contribution in [1.29, 1.82) is 0 Å². The number of aliphatic carboxylic acids is 1. The molecule has 2 aliphatic heterocycles. The third-order valence-corrected chi connectivity index (χ3v) is 5.05. The molecule has 96 valence electrons. The Labute approximate surface area is 106 Å². The first-order chi connectivity index (χ1) is 7.84. The summed E-state index contributed by atoms with van der Waals surface area (Å²) in [7, 11) is 0. The van der Waals surface area contributed by atoms with E-state index in [1.165, 1.54) is 0 Å². The summed E-state index contributed by atoms with van der Waals surface area (Å²) in [6.07, 6.45) is 1.62. The number of nitrogens with zero attached hydrogens (tertiary/aromatic N) is 1. The van der Waals surface area contributed by atoms with Gasteiger partial charge in [0, 0.05) is 5.92 Å². The molecule has 17 heavy (non-hydrogen) atoms. The second kappa shape index (κ2) is 4.19. The monoisotopic (exact) mass is 257 g/mol. The quantitative estimate of drug-likeness (QED) is 0.778. The summed E-state index contributed by atoms with van der Waals surface area (Å²) in [5.74, 6) is 0.0259. The smallest absolute Gasteiger partial charge is 0.327 e. The zero-order valence-corrected chi connectivity index (χ0v) is 11.3. The summed E-state index contributed by atoms with van der Waals surface area (Å²) in [6, 6.07) is -0.673. The molecular weight excluding hydrogens is 238 g/mol. The number of fused-ring (bicyclic) bond motifs is 1. The summed E-state index contributed by atoms with van der Waals surface area (Å²) in [5, 5.41) is 9.43. The van der Waals surface area contributed by atoms with Crippen LogP contribution in [0.2, 0.25) is 0 Å². The Morgan fingerprint density at radius 1 is 1.53 bits per heavy atom. The lowest BCUT2D eigenvalue weighted by Gasteiger charge is -2.31. The van der Waals surface area contributed by atoms with Crippen molar-refractivity contribution in [3.8, 4) is 0 Å². The van der Waals surface area contributed by atoms with Gasteiger partial charge in [0.1, 0.15) is 6.04 Å². The second-order valence-electron chi connectivity index (χ2n) is 5.69. The van der Waals surface area contributed by atoms with Gasteiger partial charge in [0.25, 0.3) is 0 Å². The molecule has 0 aromatic carbocycles. The first-order valence-corrected chi connectivity index (χ1v) is 7.06. The highest BCUT2D eigenvalue weighted by molar-refractivity contribution is 7.99. The molecule has 2 saturated heterocycles. The van der Waals surface area contributed by atoms with E-state index in [-0.39, 0.29) is 22.6 Å². The number of carboxylic acids is 1. The van der Waals surface area contributed by atoms with Crippen molar-refractivity contribution in [2.45, 2.75) is 45.0 Å². The van der Waals surface area contributed by atoms with Crippen LogP contribution in [-0.4, -0.2) is 39.1 Å². The molecule has 0 unspecified atom stereocenters. The number of amides is 1. The molecule has 0 radical (unpaired) electrons. The third-order valence-electron chi connectivity index (χ3n) is 3.80. The number of hydrogen-bond donors (Lipinski definition) is 1. The first kappa shape index (κ1) is 12.7. The predicted molar refractivity (Wildman–Crippen MR) is 66.7 cm³/mol. The standard InChI is InChI=1S/C12H19NO3S/c1-7-4-5-17-8-6-12(2,3)9(11(15)16)13(8)10(7)14/h7-9H,4-6H2,1-3H3,(H,15,16)/t7-,8-,9+/m0/s1. The maximum Gasteiger partial charge on any atom is 0.327 e. The number of carbonyl (C=O) groups excluding carboxylic acids is 1. The van der Waals surface area contributed by atoms with Crippen molar-refractivity contribution >= 4 is 23.6 Å². The van der Waals surface area contributed by atoms with Crippen molar-refractivity contribution in [2.24, 2.45) is 11.3 Å². The molecular formula is C12H19NO3S. The highest BCUT2D eigenvalue weighted by atomic mass is 32.2. The molecule has 3 atom stereocenters. The van der Waals surface area contributed by atoms with E-state index in [9.17, 15) is 14.7 Å². The fourth-order valence-corrected chi connectivity index (χ4v) is 4.52. The molecule has 0 spiro atoms. The highest BCUT2D eigenvalue weighted by Crippen LogP contribution is 2.46. The minimum Gasteiger partial charge on any atom is -0.480 e. The van der Waals surface area contributed by atoms with Gasteiger partial charge in [-0.2, -0.15) is 0 Å². The Morgan fingerprint density at radius 3 is 2.76 bits per heavy atom. The van der Waals surface area contributed by atoms with Crippen LogP contribution < -0.4 is 0 Å². The maximum absolute atomic E-state index is 12.3. The van der Waals surface area contributed by atoms with E-state index in [2.05, 4.69) is 0 Å². The molecule has 5 heteroatoms. The fourth-order valence-electron chi connectivity index (χ4n) is 2.82. The summed E-state index contributed by atoms with van der Waals surface area (Å²) < 4.78 is 0. The van der Waals surface area contributed by atoms with Gasteiger partial charge in [-0.15, -0.1) is 11.8 Å². The Kier molecular flexibility index (Phi) is 3.14. The molecule has 0 bridgehead atoms. The molecule has 0 aromatic rings. The lowest BCUT2D eigenvalue weighted by Crippen LogP contribution is -2.49. The van der Waals surface area contributed by atoms with E-state index in [0.29, 0.717) is 0 Å².